The molecule has 0 radical (unpaired) electrons. The zero-order valence-electron chi connectivity index (χ0n) is 10.6. The van der Waals surface area contributed by atoms with Gasteiger partial charge < -0.3 is 14.2 Å². The van der Waals surface area contributed by atoms with Crippen molar-refractivity contribution < 1.29 is 19.0 Å². The summed E-state index contributed by atoms with van der Waals surface area (Å²) in [6, 6.07) is 6.84. The Bertz CT molecular complexity index is 465. The van der Waals surface area contributed by atoms with Crippen molar-refractivity contribution >= 4 is 5.97 Å². The number of nitrogens with zero attached hydrogens (tertiary/aromatic N) is 1. The molecule has 0 amide bonds. The van der Waals surface area contributed by atoms with E-state index in [9.17, 15) is 4.79 Å². The van der Waals surface area contributed by atoms with Crippen LogP contribution >= 0.6 is 0 Å². The van der Waals surface area contributed by atoms with Gasteiger partial charge in [0.2, 0.25) is 0 Å². The lowest BCUT2D eigenvalue weighted by atomic mass is 9.99. The first-order valence-corrected chi connectivity index (χ1v) is 5.46. The van der Waals surface area contributed by atoms with Crippen molar-refractivity contribution in [3.8, 4) is 17.6 Å². The van der Waals surface area contributed by atoms with Gasteiger partial charge in [-0.25, -0.2) is 0 Å². The molecule has 0 spiro atoms. The van der Waals surface area contributed by atoms with E-state index in [0.29, 0.717) is 17.1 Å². The van der Waals surface area contributed by atoms with Crippen LogP contribution in [0.3, 0.4) is 0 Å². The van der Waals surface area contributed by atoms with Gasteiger partial charge in [0.1, 0.15) is 11.5 Å². The molecule has 5 heteroatoms. The first kappa shape index (κ1) is 13.8. The summed E-state index contributed by atoms with van der Waals surface area (Å²) in [5, 5.41) is 9.09. The van der Waals surface area contributed by atoms with Gasteiger partial charge in [-0.15, -0.1) is 0 Å². The van der Waals surface area contributed by atoms with Crippen LogP contribution in [0, 0.1) is 11.3 Å². The number of methoxy groups -OCH3 is 2. The minimum absolute atomic E-state index is 0.232. The smallest absolute Gasteiger partial charge is 0.328 e. The van der Waals surface area contributed by atoms with Crippen LogP contribution in [0.2, 0.25) is 0 Å². The molecule has 1 rings (SSSR count). The topological polar surface area (TPSA) is 68.6 Å². The Morgan fingerprint density at radius 1 is 1.39 bits per heavy atom. The highest BCUT2D eigenvalue weighted by Crippen LogP contribution is 2.31. The number of ether oxygens (including phenoxy) is 3. The predicted octanol–water partition coefficient (Wildman–Crippen LogP) is 1.87. The first-order chi connectivity index (χ1) is 8.67. The van der Waals surface area contributed by atoms with Crippen LogP contribution in [0.5, 0.6) is 11.5 Å². The first-order valence-electron chi connectivity index (χ1n) is 5.46. The minimum Gasteiger partial charge on any atom is -0.497 e. The van der Waals surface area contributed by atoms with Crippen LogP contribution in [0.4, 0.5) is 0 Å². The van der Waals surface area contributed by atoms with Crippen LogP contribution < -0.4 is 9.47 Å². The molecule has 0 bridgehead atoms. The van der Waals surface area contributed by atoms with E-state index >= 15 is 0 Å². The fourth-order valence-electron chi connectivity index (χ4n) is 1.53. The molecular formula is C13H15NO4. The molecule has 1 aromatic carbocycles. The van der Waals surface area contributed by atoms with Crippen molar-refractivity contribution in [2.75, 3.05) is 20.8 Å². The Morgan fingerprint density at radius 3 is 2.61 bits per heavy atom. The van der Waals surface area contributed by atoms with E-state index in [1.54, 1.807) is 25.1 Å². The molecule has 0 aliphatic heterocycles. The second-order valence-electron chi connectivity index (χ2n) is 3.42. The maximum absolute atomic E-state index is 11.7. The number of hydrogen-bond acceptors (Lipinski definition) is 5. The molecule has 0 saturated carbocycles. The van der Waals surface area contributed by atoms with Crippen LogP contribution in [0.15, 0.2) is 18.2 Å². The Balaban J connectivity index is 3.13. The van der Waals surface area contributed by atoms with E-state index in [4.69, 9.17) is 19.5 Å². The summed E-state index contributed by atoms with van der Waals surface area (Å²) in [6.45, 7) is 1.92. The summed E-state index contributed by atoms with van der Waals surface area (Å²) in [7, 11) is 3.00. The van der Waals surface area contributed by atoms with E-state index in [1.165, 1.54) is 14.2 Å². The van der Waals surface area contributed by atoms with Gasteiger partial charge in [0.15, 0.2) is 5.92 Å². The molecule has 18 heavy (non-hydrogen) atoms. The molecule has 0 fully saturated rings. The summed E-state index contributed by atoms with van der Waals surface area (Å²) < 4.78 is 15.1. The van der Waals surface area contributed by atoms with Gasteiger partial charge in [-0.2, -0.15) is 5.26 Å². The van der Waals surface area contributed by atoms with Crippen molar-refractivity contribution in [2.24, 2.45) is 0 Å². The van der Waals surface area contributed by atoms with E-state index in [0.717, 1.165) is 0 Å². The molecular weight excluding hydrogens is 234 g/mol. The van der Waals surface area contributed by atoms with Gasteiger partial charge >= 0.3 is 5.97 Å². The fourth-order valence-corrected chi connectivity index (χ4v) is 1.53. The van der Waals surface area contributed by atoms with Crippen LogP contribution in [0.25, 0.3) is 0 Å². The highest BCUT2D eigenvalue weighted by atomic mass is 16.5. The Hall–Kier alpha value is -2.22. The summed E-state index contributed by atoms with van der Waals surface area (Å²) >= 11 is 0. The second-order valence-corrected chi connectivity index (χ2v) is 3.42. The highest BCUT2D eigenvalue weighted by molar-refractivity contribution is 5.82. The second kappa shape index (κ2) is 6.50. The van der Waals surface area contributed by atoms with Gasteiger partial charge in [0, 0.05) is 11.6 Å². The number of benzene rings is 1. The van der Waals surface area contributed by atoms with Crippen molar-refractivity contribution in [1.29, 1.82) is 5.26 Å². The van der Waals surface area contributed by atoms with Gasteiger partial charge in [0.05, 0.1) is 26.9 Å². The van der Waals surface area contributed by atoms with Crippen molar-refractivity contribution in [3.63, 3.8) is 0 Å². The SMILES string of the molecule is CCOC(=O)C(C#N)c1ccc(OC)cc1OC. The van der Waals surface area contributed by atoms with Crippen LogP contribution in [-0.2, 0) is 9.53 Å². The zero-order valence-corrected chi connectivity index (χ0v) is 10.6. The lowest BCUT2D eigenvalue weighted by Crippen LogP contribution is -2.15. The Labute approximate surface area is 106 Å². The standard InChI is InChI=1S/C13H15NO4/c1-4-18-13(15)11(8-14)10-6-5-9(16-2)7-12(10)17-3/h5-7,11H,4H2,1-3H3. The Kier molecular flexibility index (Phi) is 5.00. The molecule has 0 aliphatic rings. The number of esters is 1. The van der Waals surface area contributed by atoms with E-state index in [1.807, 2.05) is 6.07 Å². The number of nitriles is 1. The number of carbonyl (C=O) groups excluding carboxylic acids is 1. The predicted molar refractivity (Wildman–Crippen MR) is 64.5 cm³/mol. The van der Waals surface area contributed by atoms with Crippen molar-refractivity contribution in [3.05, 3.63) is 23.8 Å². The normalized spacial score (nSPS) is 11.2. The number of hydrogen-bond donors (Lipinski definition) is 0. The molecule has 5 nitrogen and oxygen atoms in total. The summed E-state index contributed by atoms with van der Waals surface area (Å²) in [4.78, 5) is 11.7. The third-order valence-electron chi connectivity index (χ3n) is 2.40. The average Bonchev–Trinajstić information content (AvgIpc) is 2.40. The molecule has 96 valence electrons. The van der Waals surface area contributed by atoms with E-state index < -0.39 is 11.9 Å². The zero-order chi connectivity index (χ0) is 13.5. The fraction of sp³-hybridized carbons (Fsp3) is 0.385. The van der Waals surface area contributed by atoms with Gasteiger partial charge in [-0.3, -0.25) is 4.79 Å². The molecule has 1 aromatic rings. The molecule has 0 aliphatic carbocycles. The van der Waals surface area contributed by atoms with Gasteiger partial charge in [0.25, 0.3) is 0 Å². The molecule has 0 heterocycles. The molecule has 1 atom stereocenters. The monoisotopic (exact) mass is 249 g/mol. The molecule has 1 unspecified atom stereocenters. The lowest BCUT2D eigenvalue weighted by molar-refractivity contribution is -0.143. The van der Waals surface area contributed by atoms with Crippen LogP contribution in [-0.4, -0.2) is 26.8 Å². The maximum Gasteiger partial charge on any atom is 0.328 e. The minimum atomic E-state index is -0.995. The third-order valence-corrected chi connectivity index (χ3v) is 2.40. The number of rotatable bonds is 5. The Morgan fingerprint density at radius 2 is 2.11 bits per heavy atom. The molecule has 0 N–H and O–H groups in total. The molecule has 0 saturated heterocycles. The average molecular weight is 249 g/mol. The molecule has 0 aromatic heterocycles. The van der Waals surface area contributed by atoms with Gasteiger partial charge in [-0.1, -0.05) is 0 Å². The largest absolute Gasteiger partial charge is 0.497 e. The van der Waals surface area contributed by atoms with Crippen LogP contribution in [0.1, 0.15) is 18.4 Å². The lowest BCUT2D eigenvalue weighted by Gasteiger charge is -2.13. The van der Waals surface area contributed by atoms with Crippen molar-refractivity contribution in [2.45, 2.75) is 12.8 Å². The van der Waals surface area contributed by atoms with E-state index in [-0.39, 0.29) is 6.61 Å². The third kappa shape index (κ3) is 2.92. The maximum atomic E-state index is 11.7. The van der Waals surface area contributed by atoms with Crippen molar-refractivity contribution in [1.82, 2.24) is 0 Å². The highest BCUT2D eigenvalue weighted by Gasteiger charge is 2.25. The summed E-state index contributed by atoms with van der Waals surface area (Å²) in [6.07, 6.45) is 0. The summed E-state index contributed by atoms with van der Waals surface area (Å²) in [5.74, 6) is -0.556. The van der Waals surface area contributed by atoms with E-state index in [2.05, 4.69) is 0 Å². The summed E-state index contributed by atoms with van der Waals surface area (Å²) in [5.41, 5.74) is 0.472. The number of carbonyl (C=O) groups is 1. The quantitative estimate of drug-likeness (QED) is 0.745. The van der Waals surface area contributed by atoms with Gasteiger partial charge in [-0.05, 0) is 19.1 Å².